The van der Waals surface area contributed by atoms with Crippen LogP contribution in [0.1, 0.15) is 30.8 Å². The van der Waals surface area contributed by atoms with E-state index in [1.807, 2.05) is 11.9 Å². The first kappa shape index (κ1) is 11.0. The molecule has 1 aliphatic heterocycles. The highest BCUT2D eigenvalue weighted by Gasteiger charge is 2.33. The van der Waals surface area contributed by atoms with Gasteiger partial charge in [-0.3, -0.25) is 4.79 Å². The van der Waals surface area contributed by atoms with Crippen LogP contribution in [-0.2, 0) is 7.05 Å². The van der Waals surface area contributed by atoms with Crippen molar-refractivity contribution >= 4 is 11.6 Å². The number of carbonyl (C=O) groups excluding carboxylic acids is 1. The van der Waals surface area contributed by atoms with Crippen molar-refractivity contribution in [3.63, 3.8) is 0 Å². The number of amides is 1. The first-order valence-electron chi connectivity index (χ1n) is 5.60. The number of carbonyl (C=O) groups is 1. The second-order valence-electron chi connectivity index (χ2n) is 5.41. The van der Waals surface area contributed by atoms with Gasteiger partial charge in [-0.2, -0.15) is 0 Å². The Bertz CT molecular complexity index is 420. The molecule has 4 nitrogen and oxygen atoms in total. The number of nitrogen functional groups attached to an aromatic ring is 1. The van der Waals surface area contributed by atoms with Gasteiger partial charge in [-0.05, 0) is 17.9 Å². The Morgan fingerprint density at radius 1 is 1.50 bits per heavy atom. The Kier molecular flexibility index (Phi) is 2.45. The van der Waals surface area contributed by atoms with E-state index in [0.29, 0.717) is 11.4 Å². The summed E-state index contributed by atoms with van der Waals surface area (Å²) in [5.41, 5.74) is 7.24. The van der Waals surface area contributed by atoms with Gasteiger partial charge in [-0.15, -0.1) is 0 Å². The fourth-order valence-electron chi connectivity index (χ4n) is 2.25. The maximum atomic E-state index is 12.2. The predicted molar refractivity (Wildman–Crippen MR) is 64.1 cm³/mol. The van der Waals surface area contributed by atoms with E-state index < -0.39 is 0 Å². The average Bonchev–Trinajstić information content (AvgIpc) is 2.68. The van der Waals surface area contributed by atoms with Gasteiger partial charge < -0.3 is 15.2 Å². The summed E-state index contributed by atoms with van der Waals surface area (Å²) in [5.74, 6) is 0.0878. The quantitative estimate of drug-likeness (QED) is 0.781. The lowest BCUT2D eigenvalue weighted by molar-refractivity contribution is 0.0769. The van der Waals surface area contributed by atoms with Crippen LogP contribution >= 0.6 is 0 Å². The number of aryl methyl sites for hydroxylation is 1. The number of hydrogen-bond acceptors (Lipinski definition) is 2. The van der Waals surface area contributed by atoms with E-state index in [0.717, 1.165) is 19.5 Å². The van der Waals surface area contributed by atoms with Crippen LogP contribution in [0.3, 0.4) is 0 Å². The Morgan fingerprint density at radius 2 is 2.19 bits per heavy atom. The molecule has 0 radical (unpaired) electrons. The number of nitrogens with two attached hydrogens (primary N) is 1. The van der Waals surface area contributed by atoms with E-state index in [4.69, 9.17) is 5.73 Å². The molecule has 0 atom stereocenters. The third-order valence-corrected chi connectivity index (χ3v) is 3.21. The average molecular weight is 221 g/mol. The van der Waals surface area contributed by atoms with Gasteiger partial charge in [0.1, 0.15) is 5.69 Å². The lowest BCUT2D eigenvalue weighted by atomic mass is 9.93. The highest BCUT2D eigenvalue weighted by atomic mass is 16.2. The molecule has 16 heavy (non-hydrogen) atoms. The summed E-state index contributed by atoms with van der Waals surface area (Å²) in [6.07, 6.45) is 2.84. The molecule has 1 fully saturated rings. The van der Waals surface area contributed by atoms with E-state index in [-0.39, 0.29) is 11.3 Å². The molecular formula is C12H19N3O. The Balaban J connectivity index is 2.18. The van der Waals surface area contributed by atoms with E-state index in [1.54, 1.807) is 16.8 Å². The first-order valence-corrected chi connectivity index (χ1v) is 5.60. The molecule has 4 heteroatoms. The summed E-state index contributed by atoms with van der Waals surface area (Å²) in [5, 5.41) is 0. The molecule has 1 aromatic heterocycles. The van der Waals surface area contributed by atoms with Gasteiger partial charge in [0.2, 0.25) is 0 Å². The second-order valence-corrected chi connectivity index (χ2v) is 5.41. The van der Waals surface area contributed by atoms with Crippen molar-refractivity contribution in [2.24, 2.45) is 12.5 Å². The minimum Gasteiger partial charge on any atom is -0.397 e. The summed E-state index contributed by atoms with van der Waals surface area (Å²) < 4.78 is 1.79. The van der Waals surface area contributed by atoms with Gasteiger partial charge in [0, 0.05) is 26.3 Å². The maximum Gasteiger partial charge on any atom is 0.270 e. The van der Waals surface area contributed by atoms with Gasteiger partial charge >= 0.3 is 0 Å². The summed E-state index contributed by atoms with van der Waals surface area (Å²) in [6.45, 7) is 6.06. The van der Waals surface area contributed by atoms with E-state index in [9.17, 15) is 4.79 Å². The highest BCUT2D eigenvalue weighted by molar-refractivity contribution is 5.94. The number of likely N-dealkylation sites (tertiary alicyclic amines) is 1. The van der Waals surface area contributed by atoms with Gasteiger partial charge in [0.15, 0.2) is 0 Å². The molecule has 0 bridgehead atoms. The fourth-order valence-corrected chi connectivity index (χ4v) is 2.25. The Morgan fingerprint density at radius 3 is 2.62 bits per heavy atom. The van der Waals surface area contributed by atoms with Gasteiger partial charge in [0.05, 0.1) is 5.69 Å². The molecular weight excluding hydrogens is 202 g/mol. The zero-order valence-corrected chi connectivity index (χ0v) is 10.2. The molecule has 88 valence electrons. The first-order chi connectivity index (χ1) is 7.39. The smallest absolute Gasteiger partial charge is 0.270 e. The largest absolute Gasteiger partial charge is 0.397 e. The lowest BCUT2D eigenvalue weighted by Crippen LogP contribution is -2.31. The molecule has 0 saturated carbocycles. The third-order valence-electron chi connectivity index (χ3n) is 3.21. The van der Waals surface area contributed by atoms with E-state index in [1.165, 1.54) is 0 Å². The molecule has 2 rings (SSSR count). The van der Waals surface area contributed by atoms with E-state index in [2.05, 4.69) is 13.8 Å². The van der Waals surface area contributed by atoms with Crippen LogP contribution in [0.4, 0.5) is 5.69 Å². The van der Waals surface area contributed by atoms with Crippen molar-refractivity contribution in [1.29, 1.82) is 0 Å². The minimum atomic E-state index is 0.0878. The standard InChI is InChI=1S/C12H19N3O/c1-12(2)4-5-15(8-12)11(16)10-6-9(13)7-14(10)3/h6-7H,4-5,8,13H2,1-3H3. The summed E-state index contributed by atoms with van der Waals surface area (Å²) in [4.78, 5) is 14.1. The van der Waals surface area contributed by atoms with Crippen molar-refractivity contribution in [2.75, 3.05) is 18.8 Å². The van der Waals surface area contributed by atoms with Crippen LogP contribution in [0.15, 0.2) is 12.3 Å². The number of hydrogen-bond donors (Lipinski definition) is 1. The van der Waals surface area contributed by atoms with Crippen molar-refractivity contribution in [2.45, 2.75) is 20.3 Å². The van der Waals surface area contributed by atoms with Crippen LogP contribution in [0.25, 0.3) is 0 Å². The number of anilines is 1. The minimum absolute atomic E-state index is 0.0878. The van der Waals surface area contributed by atoms with Crippen LogP contribution in [0.2, 0.25) is 0 Å². The van der Waals surface area contributed by atoms with Crippen LogP contribution in [0.5, 0.6) is 0 Å². The zero-order chi connectivity index (χ0) is 11.9. The second kappa shape index (κ2) is 3.54. The van der Waals surface area contributed by atoms with Gasteiger partial charge in [-0.1, -0.05) is 13.8 Å². The van der Waals surface area contributed by atoms with Crippen LogP contribution in [0, 0.1) is 5.41 Å². The Labute approximate surface area is 96.0 Å². The monoisotopic (exact) mass is 221 g/mol. The SMILES string of the molecule is Cn1cc(N)cc1C(=O)N1CCC(C)(C)C1. The maximum absolute atomic E-state index is 12.2. The summed E-state index contributed by atoms with van der Waals surface area (Å²) in [6, 6.07) is 1.74. The molecule has 2 heterocycles. The van der Waals surface area contributed by atoms with E-state index >= 15 is 0 Å². The molecule has 1 saturated heterocycles. The number of rotatable bonds is 1. The zero-order valence-electron chi connectivity index (χ0n) is 10.2. The van der Waals surface area contributed by atoms with Crippen molar-refractivity contribution in [3.8, 4) is 0 Å². The Hall–Kier alpha value is -1.45. The van der Waals surface area contributed by atoms with Gasteiger partial charge in [0.25, 0.3) is 5.91 Å². The van der Waals surface area contributed by atoms with Gasteiger partial charge in [-0.25, -0.2) is 0 Å². The normalized spacial score (nSPS) is 19.1. The van der Waals surface area contributed by atoms with Crippen LogP contribution < -0.4 is 5.73 Å². The fraction of sp³-hybridized carbons (Fsp3) is 0.583. The molecule has 0 spiro atoms. The van der Waals surface area contributed by atoms with Crippen molar-refractivity contribution < 1.29 is 4.79 Å². The lowest BCUT2D eigenvalue weighted by Gasteiger charge is -2.19. The number of nitrogens with zero attached hydrogens (tertiary/aromatic N) is 2. The number of aromatic nitrogens is 1. The summed E-state index contributed by atoms with van der Waals surface area (Å²) >= 11 is 0. The highest BCUT2D eigenvalue weighted by Crippen LogP contribution is 2.29. The van der Waals surface area contributed by atoms with Crippen molar-refractivity contribution in [3.05, 3.63) is 18.0 Å². The van der Waals surface area contributed by atoms with Crippen LogP contribution in [-0.4, -0.2) is 28.5 Å². The summed E-state index contributed by atoms with van der Waals surface area (Å²) in [7, 11) is 1.85. The topological polar surface area (TPSA) is 51.3 Å². The molecule has 1 amide bonds. The molecule has 0 aromatic carbocycles. The third kappa shape index (κ3) is 1.92. The van der Waals surface area contributed by atoms with Crippen molar-refractivity contribution in [1.82, 2.24) is 9.47 Å². The molecule has 1 aliphatic rings. The molecule has 0 unspecified atom stereocenters. The molecule has 2 N–H and O–H groups in total. The molecule has 1 aromatic rings. The molecule has 0 aliphatic carbocycles. The predicted octanol–water partition coefficient (Wildman–Crippen LogP) is 1.48.